The molecule has 3 nitrogen and oxygen atoms in total. The number of likely N-dealkylation sites (N-methyl/N-ethyl adjacent to an activating group) is 2. The number of ketones is 1. The van der Waals surface area contributed by atoms with E-state index in [1.165, 1.54) is 0 Å². The third kappa shape index (κ3) is 4.09. The van der Waals surface area contributed by atoms with Crippen LogP contribution in [0.25, 0.3) is 0 Å². The molecule has 1 fully saturated rings. The zero-order valence-corrected chi connectivity index (χ0v) is 9.55. The number of alkyl halides is 3. The molecule has 0 amide bonds. The standard InChI is InChI=1S/C10H17F3N2O/c1-14-5-6-15(2)8(7-14)9(16)3-4-10(11,12)13/h8H,3-7H2,1-2H3. The summed E-state index contributed by atoms with van der Waals surface area (Å²) in [5.41, 5.74) is 0. The van der Waals surface area contributed by atoms with E-state index in [4.69, 9.17) is 0 Å². The molecule has 0 radical (unpaired) electrons. The summed E-state index contributed by atoms with van der Waals surface area (Å²) in [4.78, 5) is 15.4. The lowest BCUT2D eigenvalue weighted by Gasteiger charge is -2.36. The minimum absolute atomic E-state index is 0.314. The normalized spacial score (nSPS) is 24.7. The van der Waals surface area contributed by atoms with E-state index in [0.717, 1.165) is 13.1 Å². The summed E-state index contributed by atoms with van der Waals surface area (Å²) in [7, 11) is 3.65. The number of carbonyl (C=O) groups is 1. The third-order valence-electron chi connectivity index (χ3n) is 2.88. The van der Waals surface area contributed by atoms with Crippen molar-refractivity contribution in [1.29, 1.82) is 0 Å². The molecule has 0 aliphatic carbocycles. The zero-order valence-electron chi connectivity index (χ0n) is 9.55. The van der Waals surface area contributed by atoms with E-state index in [0.29, 0.717) is 6.54 Å². The summed E-state index contributed by atoms with van der Waals surface area (Å²) in [5.74, 6) is -0.314. The van der Waals surface area contributed by atoms with Gasteiger partial charge in [-0.25, -0.2) is 0 Å². The zero-order chi connectivity index (χ0) is 12.3. The van der Waals surface area contributed by atoms with E-state index < -0.39 is 19.0 Å². The molecule has 1 heterocycles. The first-order chi connectivity index (χ1) is 7.29. The molecule has 1 saturated heterocycles. The molecule has 1 atom stereocenters. The van der Waals surface area contributed by atoms with E-state index >= 15 is 0 Å². The predicted molar refractivity (Wildman–Crippen MR) is 54.2 cm³/mol. The second-order valence-corrected chi connectivity index (χ2v) is 4.34. The first-order valence-electron chi connectivity index (χ1n) is 5.28. The minimum atomic E-state index is -4.24. The highest BCUT2D eigenvalue weighted by atomic mass is 19.4. The fraction of sp³-hybridized carbons (Fsp3) is 0.900. The number of piperazine rings is 1. The molecule has 1 rings (SSSR count). The van der Waals surface area contributed by atoms with Crippen molar-refractivity contribution >= 4 is 5.78 Å². The maximum atomic E-state index is 12.0. The Morgan fingerprint density at radius 3 is 2.50 bits per heavy atom. The van der Waals surface area contributed by atoms with Crippen LogP contribution in [0, 0.1) is 0 Å². The van der Waals surface area contributed by atoms with Crippen LogP contribution >= 0.6 is 0 Å². The molecule has 0 aromatic heterocycles. The lowest BCUT2D eigenvalue weighted by Crippen LogP contribution is -2.53. The van der Waals surface area contributed by atoms with Crippen molar-refractivity contribution in [1.82, 2.24) is 9.80 Å². The maximum Gasteiger partial charge on any atom is 0.389 e. The highest BCUT2D eigenvalue weighted by Crippen LogP contribution is 2.22. The maximum absolute atomic E-state index is 12.0. The number of nitrogens with zero attached hydrogens (tertiary/aromatic N) is 2. The molecule has 0 spiro atoms. The topological polar surface area (TPSA) is 23.6 Å². The Balaban J connectivity index is 2.46. The van der Waals surface area contributed by atoms with E-state index in [2.05, 4.69) is 0 Å². The Labute approximate surface area is 93.2 Å². The molecule has 1 unspecified atom stereocenters. The Kier molecular flexibility index (Phi) is 4.32. The van der Waals surface area contributed by atoms with Gasteiger partial charge < -0.3 is 4.90 Å². The number of rotatable bonds is 3. The van der Waals surface area contributed by atoms with Crippen molar-refractivity contribution in [2.45, 2.75) is 25.1 Å². The average Bonchev–Trinajstić information content (AvgIpc) is 2.17. The number of carbonyl (C=O) groups excluding carboxylic acids is 1. The number of hydrogen-bond acceptors (Lipinski definition) is 3. The molecule has 0 aromatic carbocycles. The van der Waals surface area contributed by atoms with E-state index in [1.54, 1.807) is 7.05 Å². The van der Waals surface area contributed by atoms with Crippen molar-refractivity contribution in [3.05, 3.63) is 0 Å². The van der Waals surface area contributed by atoms with Gasteiger partial charge in [-0.15, -0.1) is 0 Å². The van der Waals surface area contributed by atoms with Gasteiger partial charge >= 0.3 is 6.18 Å². The van der Waals surface area contributed by atoms with E-state index in [-0.39, 0.29) is 11.8 Å². The van der Waals surface area contributed by atoms with Crippen LogP contribution in [0.1, 0.15) is 12.8 Å². The van der Waals surface area contributed by atoms with Crippen LogP contribution in [0.15, 0.2) is 0 Å². The van der Waals surface area contributed by atoms with Gasteiger partial charge in [0.15, 0.2) is 5.78 Å². The van der Waals surface area contributed by atoms with Gasteiger partial charge in [0.05, 0.1) is 12.5 Å². The van der Waals surface area contributed by atoms with Crippen LogP contribution in [0.4, 0.5) is 13.2 Å². The quantitative estimate of drug-likeness (QED) is 0.736. The molecule has 94 valence electrons. The highest BCUT2D eigenvalue weighted by Gasteiger charge is 2.32. The highest BCUT2D eigenvalue weighted by molar-refractivity contribution is 5.84. The van der Waals surface area contributed by atoms with Crippen LogP contribution in [0.3, 0.4) is 0 Å². The molecule has 0 saturated carbocycles. The molecule has 16 heavy (non-hydrogen) atoms. The average molecular weight is 238 g/mol. The van der Waals surface area contributed by atoms with Crippen molar-refractivity contribution in [2.75, 3.05) is 33.7 Å². The molecule has 6 heteroatoms. The van der Waals surface area contributed by atoms with Crippen LogP contribution in [-0.4, -0.2) is 61.5 Å². The minimum Gasteiger partial charge on any atom is -0.303 e. The van der Waals surface area contributed by atoms with Crippen molar-refractivity contribution in [2.24, 2.45) is 0 Å². The Morgan fingerprint density at radius 1 is 1.31 bits per heavy atom. The summed E-state index contributed by atoms with van der Waals surface area (Å²) < 4.78 is 35.9. The number of halogens is 3. The summed E-state index contributed by atoms with van der Waals surface area (Å²) in [6.07, 6.45) is -5.67. The van der Waals surface area contributed by atoms with Crippen LogP contribution in [-0.2, 0) is 4.79 Å². The number of Topliss-reactive ketones (excluding diaryl/α,β-unsaturated/α-hetero) is 1. The fourth-order valence-corrected chi connectivity index (χ4v) is 1.79. The van der Waals surface area contributed by atoms with Gasteiger partial charge in [0.25, 0.3) is 0 Å². The van der Waals surface area contributed by atoms with Crippen LogP contribution in [0.2, 0.25) is 0 Å². The van der Waals surface area contributed by atoms with Crippen molar-refractivity contribution in [3.63, 3.8) is 0 Å². The first-order valence-corrected chi connectivity index (χ1v) is 5.28. The van der Waals surface area contributed by atoms with Gasteiger partial charge in [-0.3, -0.25) is 9.69 Å². The van der Waals surface area contributed by atoms with Gasteiger partial charge in [0.2, 0.25) is 0 Å². The van der Waals surface area contributed by atoms with Gasteiger partial charge in [0, 0.05) is 26.1 Å². The summed E-state index contributed by atoms with van der Waals surface area (Å²) in [6, 6.07) is -0.388. The monoisotopic (exact) mass is 238 g/mol. The molecule has 0 bridgehead atoms. The van der Waals surface area contributed by atoms with Crippen molar-refractivity contribution in [3.8, 4) is 0 Å². The lowest BCUT2D eigenvalue weighted by atomic mass is 10.0. The largest absolute Gasteiger partial charge is 0.389 e. The SMILES string of the molecule is CN1CCN(C)C(C(=O)CCC(F)(F)F)C1. The molecular formula is C10H17F3N2O. The van der Waals surface area contributed by atoms with E-state index in [1.807, 2.05) is 16.8 Å². The summed E-state index contributed by atoms with van der Waals surface area (Å²) in [6.45, 7) is 2.09. The second-order valence-electron chi connectivity index (χ2n) is 4.34. The molecule has 0 aromatic rings. The predicted octanol–water partition coefficient (Wildman–Crippen LogP) is 1.14. The Bertz CT molecular complexity index is 255. The van der Waals surface area contributed by atoms with Gasteiger partial charge in [-0.1, -0.05) is 0 Å². The lowest BCUT2D eigenvalue weighted by molar-refractivity contribution is -0.146. The summed E-state index contributed by atoms with van der Waals surface area (Å²) >= 11 is 0. The number of hydrogen-bond donors (Lipinski definition) is 0. The van der Waals surface area contributed by atoms with E-state index in [9.17, 15) is 18.0 Å². The Morgan fingerprint density at radius 2 is 1.94 bits per heavy atom. The smallest absolute Gasteiger partial charge is 0.303 e. The van der Waals surface area contributed by atoms with Crippen LogP contribution in [0.5, 0.6) is 0 Å². The van der Waals surface area contributed by atoms with Gasteiger partial charge in [-0.05, 0) is 14.1 Å². The van der Waals surface area contributed by atoms with Gasteiger partial charge in [0.1, 0.15) is 0 Å². The molecule has 0 N–H and O–H groups in total. The first kappa shape index (κ1) is 13.4. The molecule has 1 aliphatic rings. The fourth-order valence-electron chi connectivity index (χ4n) is 1.79. The van der Waals surface area contributed by atoms with Crippen molar-refractivity contribution < 1.29 is 18.0 Å². The second kappa shape index (κ2) is 5.14. The Hall–Kier alpha value is -0.620. The van der Waals surface area contributed by atoms with Crippen LogP contribution < -0.4 is 0 Å². The summed E-state index contributed by atoms with van der Waals surface area (Å²) in [5, 5.41) is 0. The third-order valence-corrected chi connectivity index (χ3v) is 2.88. The van der Waals surface area contributed by atoms with Gasteiger partial charge in [-0.2, -0.15) is 13.2 Å². The molecular weight excluding hydrogens is 221 g/mol. The molecule has 1 aliphatic heterocycles.